The van der Waals surface area contributed by atoms with E-state index in [1.54, 1.807) is 16.9 Å². The summed E-state index contributed by atoms with van der Waals surface area (Å²) in [7, 11) is 1.86. The molecule has 1 aromatic rings. The molecule has 2 N–H and O–H groups in total. The van der Waals surface area contributed by atoms with Crippen LogP contribution in [-0.4, -0.2) is 52.4 Å². The van der Waals surface area contributed by atoms with E-state index in [0.717, 1.165) is 0 Å². The van der Waals surface area contributed by atoms with E-state index >= 15 is 0 Å². The van der Waals surface area contributed by atoms with Gasteiger partial charge in [-0.2, -0.15) is 5.10 Å². The lowest BCUT2D eigenvalue weighted by atomic mass is 10.4. The number of amides is 1. The van der Waals surface area contributed by atoms with E-state index in [4.69, 9.17) is 5.11 Å². The van der Waals surface area contributed by atoms with Gasteiger partial charge in [0.2, 0.25) is 5.91 Å². The van der Waals surface area contributed by atoms with Gasteiger partial charge in [-0.1, -0.05) is 0 Å². The topological polar surface area (TPSA) is 70.4 Å². The van der Waals surface area contributed by atoms with Crippen molar-refractivity contribution in [1.82, 2.24) is 14.7 Å². The van der Waals surface area contributed by atoms with Crippen LogP contribution in [0.4, 0.5) is 5.82 Å². The van der Waals surface area contributed by atoms with Crippen LogP contribution in [0.25, 0.3) is 0 Å². The van der Waals surface area contributed by atoms with Gasteiger partial charge in [0.15, 0.2) is 0 Å². The lowest BCUT2D eigenvalue weighted by molar-refractivity contribution is -0.117. The number of rotatable bonds is 7. The predicted octanol–water partition coefficient (Wildman–Crippen LogP) is 0.717. The molecule has 0 unspecified atom stereocenters. The molecule has 1 heterocycles. The molecular formula is C12H22N4O2. The Kier molecular flexibility index (Phi) is 5.80. The van der Waals surface area contributed by atoms with Crippen molar-refractivity contribution in [3.8, 4) is 0 Å². The van der Waals surface area contributed by atoms with Crippen molar-refractivity contribution >= 4 is 11.7 Å². The molecule has 0 aliphatic carbocycles. The fourth-order valence-corrected chi connectivity index (χ4v) is 1.67. The highest BCUT2D eigenvalue weighted by atomic mass is 16.3. The molecule has 0 atom stereocenters. The normalized spacial score (nSPS) is 11.2. The zero-order valence-corrected chi connectivity index (χ0v) is 11.3. The molecule has 0 fully saturated rings. The maximum Gasteiger partial charge on any atom is 0.239 e. The largest absolute Gasteiger partial charge is 0.396 e. The quantitative estimate of drug-likeness (QED) is 0.752. The Labute approximate surface area is 108 Å². The minimum absolute atomic E-state index is 0.0714. The number of carbonyl (C=O) groups excluding carboxylic acids is 1. The summed E-state index contributed by atoms with van der Waals surface area (Å²) in [5.41, 5.74) is 0. The third-order valence-corrected chi connectivity index (χ3v) is 2.54. The SMILES string of the molecule is CC(C)n1nccc1NC(=O)CN(C)CCCO. The Morgan fingerprint density at radius 3 is 2.94 bits per heavy atom. The lowest BCUT2D eigenvalue weighted by Crippen LogP contribution is -2.31. The van der Waals surface area contributed by atoms with Crippen LogP contribution in [0.15, 0.2) is 12.3 Å². The van der Waals surface area contributed by atoms with Crippen LogP contribution in [0, 0.1) is 0 Å². The summed E-state index contributed by atoms with van der Waals surface area (Å²) >= 11 is 0. The van der Waals surface area contributed by atoms with Gasteiger partial charge in [0, 0.05) is 25.3 Å². The molecule has 0 aromatic carbocycles. The summed E-state index contributed by atoms with van der Waals surface area (Å²) in [6.07, 6.45) is 2.35. The first kappa shape index (κ1) is 14.7. The number of aromatic nitrogens is 2. The average molecular weight is 254 g/mol. The van der Waals surface area contributed by atoms with E-state index in [1.807, 2.05) is 25.8 Å². The molecule has 0 saturated heterocycles. The number of aliphatic hydroxyl groups excluding tert-OH is 1. The maximum atomic E-state index is 11.8. The Bertz CT molecular complexity index is 376. The first-order valence-electron chi connectivity index (χ1n) is 6.17. The number of nitrogens with one attached hydrogen (secondary N) is 1. The van der Waals surface area contributed by atoms with Crippen molar-refractivity contribution in [2.45, 2.75) is 26.3 Å². The van der Waals surface area contributed by atoms with Crippen LogP contribution in [0.3, 0.4) is 0 Å². The van der Waals surface area contributed by atoms with Gasteiger partial charge in [-0.3, -0.25) is 9.69 Å². The highest BCUT2D eigenvalue weighted by Crippen LogP contribution is 2.12. The summed E-state index contributed by atoms with van der Waals surface area (Å²) in [6.45, 7) is 5.18. The molecule has 102 valence electrons. The van der Waals surface area contributed by atoms with Gasteiger partial charge in [-0.15, -0.1) is 0 Å². The van der Waals surface area contributed by atoms with Gasteiger partial charge in [-0.25, -0.2) is 4.68 Å². The second kappa shape index (κ2) is 7.13. The van der Waals surface area contributed by atoms with Crippen LogP contribution in [0.1, 0.15) is 26.3 Å². The first-order chi connectivity index (χ1) is 8.54. The monoisotopic (exact) mass is 254 g/mol. The van der Waals surface area contributed by atoms with Gasteiger partial charge in [0.05, 0.1) is 12.7 Å². The fourth-order valence-electron chi connectivity index (χ4n) is 1.67. The smallest absolute Gasteiger partial charge is 0.239 e. The van der Waals surface area contributed by atoms with Crippen molar-refractivity contribution in [2.75, 3.05) is 32.1 Å². The molecule has 1 amide bonds. The van der Waals surface area contributed by atoms with Crippen LogP contribution < -0.4 is 5.32 Å². The van der Waals surface area contributed by atoms with Crippen molar-refractivity contribution in [2.24, 2.45) is 0 Å². The molecule has 0 radical (unpaired) electrons. The predicted molar refractivity (Wildman–Crippen MR) is 70.4 cm³/mol. The number of hydrogen-bond donors (Lipinski definition) is 2. The van der Waals surface area contributed by atoms with Gasteiger partial charge >= 0.3 is 0 Å². The third-order valence-electron chi connectivity index (χ3n) is 2.54. The highest BCUT2D eigenvalue weighted by molar-refractivity contribution is 5.91. The Balaban J connectivity index is 2.46. The second-order valence-corrected chi connectivity index (χ2v) is 4.62. The third kappa shape index (κ3) is 4.46. The van der Waals surface area contributed by atoms with Crippen molar-refractivity contribution in [1.29, 1.82) is 0 Å². The van der Waals surface area contributed by atoms with Crippen molar-refractivity contribution < 1.29 is 9.90 Å². The number of likely N-dealkylation sites (N-methyl/N-ethyl adjacent to an activating group) is 1. The first-order valence-corrected chi connectivity index (χ1v) is 6.17. The average Bonchev–Trinajstić information content (AvgIpc) is 2.74. The van der Waals surface area contributed by atoms with Gasteiger partial charge in [0.1, 0.15) is 5.82 Å². The Hall–Kier alpha value is -1.40. The van der Waals surface area contributed by atoms with Gasteiger partial charge < -0.3 is 10.4 Å². The summed E-state index contributed by atoms with van der Waals surface area (Å²) in [5, 5.41) is 15.7. The van der Waals surface area contributed by atoms with E-state index in [2.05, 4.69) is 10.4 Å². The van der Waals surface area contributed by atoms with Crippen molar-refractivity contribution in [3.63, 3.8) is 0 Å². The van der Waals surface area contributed by atoms with E-state index < -0.39 is 0 Å². The molecule has 0 bridgehead atoms. The van der Waals surface area contributed by atoms with E-state index in [1.165, 1.54) is 0 Å². The second-order valence-electron chi connectivity index (χ2n) is 4.62. The van der Waals surface area contributed by atoms with Crippen molar-refractivity contribution in [3.05, 3.63) is 12.3 Å². The minimum atomic E-state index is -0.0714. The lowest BCUT2D eigenvalue weighted by Gasteiger charge is -2.16. The van der Waals surface area contributed by atoms with Gasteiger partial charge in [0.25, 0.3) is 0 Å². The standard InChI is InChI=1S/C12H22N4O2/c1-10(2)16-11(5-6-13-16)14-12(18)9-15(3)7-4-8-17/h5-6,10,17H,4,7-9H2,1-3H3,(H,14,18). The van der Waals surface area contributed by atoms with E-state index in [-0.39, 0.29) is 18.6 Å². The zero-order chi connectivity index (χ0) is 13.5. The van der Waals surface area contributed by atoms with Crippen LogP contribution >= 0.6 is 0 Å². The molecule has 18 heavy (non-hydrogen) atoms. The fraction of sp³-hybridized carbons (Fsp3) is 0.667. The molecular weight excluding hydrogens is 232 g/mol. The van der Waals surface area contributed by atoms with E-state index in [0.29, 0.717) is 25.3 Å². The van der Waals surface area contributed by atoms with Crippen LogP contribution in [0.5, 0.6) is 0 Å². The summed E-state index contributed by atoms with van der Waals surface area (Å²) in [5.74, 6) is 0.642. The highest BCUT2D eigenvalue weighted by Gasteiger charge is 2.11. The maximum absolute atomic E-state index is 11.8. The molecule has 0 aliphatic rings. The Morgan fingerprint density at radius 2 is 2.33 bits per heavy atom. The molecule has 6 nitrogen and oxygen atoms in total. The number of aliphatic hydroxyl groups is 1. The summed E-state index contributed by atoms with van der Waals surface area (Å²) in [6, 6.07) is 1.99. The van der Waals surface area contributed by atoms with Gasteiger partial charge in [-0.05, 0) is 27.3 Å². The summed E-state index contributed by atoms with van der Waals surface area (Å²) in [4.78, 5) is 13.7. The molecule has 6 heteroatoms. The molecule has 1 aromatic heterocycles. The molecule has 0 saturated carbocycles. The molecule has 0 spiro atoms. The minimum Gasteiger partial charge on any atom is -0.396 e. The molecule has 1 rings (SSSR count). The zero-order valence-electron chi connectivity index (χ0n) is 11.3. The number of carbonyl (C=O) groups is 1. The van der Waals surface area contributed by atoms with Crippen LogP contribution in [-0.2, 0) is 4.79 Å². The number of hydrogen-bond acceptors (Lipinski definition) is 4. The summed E-state index contributed by atoms with van der Waals surface area (Å²) < 4.78 is 1.77. The van der Waals surface area contributed by atoms with Crippen LogP contribution in [0.2, 0.25) is 0 Å². The van der Waals surface area contributed by atoms with E-state index in [9.17, 15) is 4.79 Å². The molecule has 0 aliphatic heterocycles. The Morgan fingerprint density at radius 1 is 1.61 bits per heavy atom. The number of anilines is 1. The number of nitrogens with zero attached hydrogens (tertiary/aromatic N) is 3.